The van der Waals surface area contributed by atoms with E-state index < -0.39 is 0 Å². The van der Waals surface area contributed by atoms with Crippen LogP contribution in [0.25, 0.3) is 0 Å². The molecular weight excluding hydrogens is 244 g/mol. The van der Waals surface area contributed by atoms with Gasteiger partial charge in [0.15, 0.2) is 5.69 Å². The Labute approximate surface area is 111 Å². The first-order valence-electron chi connectivity index (χ1n) is 6.40. The SMILES string of the molecule is CCOC(=O)C1CCC(Nc2ccc(C#N)nn2)C1. The van der Waals surface area contributed by atoms with Crippen molar-refractivity contribution in [3.63, 3.8) is 0 Å². The van der Waals surface area contributed by atoms with Crippen molar-refractivity contribution in [2.45, 2.75) is 32.2 Å². The van der Waals surface area contributed by atoms with E-state index in [1.165, 1.54) is 0 Å². The molecule has 100 valence electrons. The Morgan fingerprint density at radius 3 is 3.00 bits per heavy atom. The Kier molecular flexibility index (Phi) is 4.29. The summed E-state index contributed by atoms with van der Waals surface area (Å²) in [7, 11) is 0. The number of esters is 1. The lowest BCUT2D eigenvalue weighted by Gasteiger charge is -2.13. The number of aromatic nitrogens is 2. The second-order valence-corrected chi connectivity index (χ2v) is 4.52. The molecule has 1 aromatic heterocycles. The maximum atomic E-state index is 11.6. The van der Waals surface area contributed by atoms with Crippen molar-refractivity contribution in [1.29, 1.82) is 5.26 Å². The Bertz CT molecular complexity index is 480. The minimum Gasteiger partial charge on any atom is -0.466 e. The van der Waals surface area contributed by atoms with Gasteiger partial charge in [0.05, 0.1) is 12.5 Å². The van der Waals surface area contributed by atoms with Crippen LogP contribution < -0.4 is 5.32 Å². The van der Waals surface area contributed by atoms with Gasteiger partial charge in [-0.3, -0.25) is 4.79 Å². The standard InChI is InChI=1S/C13H16N4O2/c1-2-19-13(18)9-3-4-10(7-9)15-12-6-5-11(8-14)16-17-12/h5-6,9-10H,2-4,7H2,1H3,(H,15,17). The number of hydrogen-bond acceptors (Lipinski definition) is 6. The first-order chi connectivity index (χ1) is 9.22. The van der Waals surface area contributed by atoms with Gasteiger partial charge in [0, 0.05) is 6.04 Å². The van der Waals surface area contributed by atoms with E-state index >= 15 is 0 Å². The summed E-state index contributed by atoms with van der Waals surface area (Å²) in [5.74, 6) is 0.495. The molecule has 19 heavy (non-hydrogen) atoms. The Hall–Kier alpha value is -2.16. The Morgan fingerprint density at radius 2 is 2.37 bits per heavy atom. The number of hydrogen-bond donors (Lipinski definition) is 1. The van der Waals surface area contributed by atoms with Crippen LogP contribution in [0.5, 0.6) is 0 Å². The highest BCUT2D eigenvalue weighted by Gasteiger charge is 2.30. The predicted molar refractivity (Wildman–Crippen MR) is 68.1 cm³/mol. The third-order valence-electron chi connectivity index (χ3n) is 3.18. The topological polar surface area (TPSA) is 87.9 Å². The molecule has 0 amide bonds. The first kappa shape index (κ1) is 13.3. The van der Waals surface area contributed by atoms with Crippen molar-refractivity contribution >= 4 is 11.8 Å². The molecule has 1 aliphatic rings. The molecule has 6 nitrogen and oxygen atoms in total. The average Bonchev–Trinajstić information content (AvgIpc) is 2.88. The highest BCUT2D eigenvalue weighted by Crippen LogP contribution is 2.28. The Morgan fingerprint density at radius 1 is 1.53 bits per heavy atom. The van der Waals surface area contributed by atoms with Crippen molar-refractivity contribution < 1.29 is 9.53 Å². The summed E-state index contributed by atoms with van der Waals surface area (Å²) >= 11 is 0. The number of ether oxygens (including phenoxy) is 1. The minimum absolute atomic E-state index is 0.0243. The smallest absolute Gasteiger partial charge is 0.308 e. The summed E-state index contributed by atoms with van der Waals surface area (Å²) in [6.07, 6.45) is 2.49. The van der Waals surface area contributed by atoms with Crippen LogP contribution in [-0.2, 0) is 9.53 Å². The molecule has 1 N–H and O–H groups in total. The third-order valence-corrected chi connectivity index (χ3v) is 3.18. The zero-order chi connectivity index (χ0) is 13.7. The highest BCUT2D eigenvalue weighted by atomic mass is 16.5. The van der Waals surface area contributed by atoms with Crippen LogP contribution >= 0.6 is 0 Å². The largest absolute Gasteiger partial charge is 0.466 e. The van der Waals surface area contributed by atoms with Gasteiger partial charge in [0.2, 0.25) is 0 Å². The molecule has 2 unspecified atom stereocenters. The molecule has 1 saturated carbocycles. The maximum Gasteiger partial charge on any atom is 0.308 e. The van der Waals surface area contributed by atoms with E-state index in [-0.39, 0.29) is 17.9 Å². The summed E-state index contributed by atoms with van der Waals surface area (Å²) in [5, 5.41) is 19.5. The first-order valence-corrected chi connectivity index (χ1v) is 6.40. The zero-order valence-corrected chi connectivity index (χ0v) is 10.8. The van der Waals surface area contributed by atoms with Crippen molar-refractivity contribution in [1.82, 2.24) is 10.2 Å². The second kappa shape index (κ2) is 6.14. The lowest BCUT2D eigenvalue weighted by atomic mass is 10.1. The van der Waals surface area contributed by atoms with Crippen LogP contribution in [0.2, 0.25) is 0 Å². The molecule has 0 radical (unpaired) electrons. The van der Waals surface area contributed by atoms with Gasteiger partial charge < -0.3 is 10.1 Å². The molecule has 0 bridgehead atoms. The molecule has 1 fully saturated rings. The summed E-state index contributed by atoms with van der Waals surface area (Å²) < 4.78 is 5.02. The number of carbonyl (C=O) groups is 1. The molecule has 1 heterocycles. The highest BCUT2D eigenvalue weighted by molar-refractivity contribution is 5.73. The van der Waals surface area contributed by atoms with E-state index in [1.54, 1.807) is 12.1 Å². The number of nitrogens with one attached hydrogen (secondary N) is 1. The number of carbonyl (C=O) groups excluding carboxylic acids is 1. The fourth-order valence-electron chi connectivity index (χ4n) is 2.26. The quantitative estimate of drug-likeness (QED) is 0.825. The normalized spacial score (nSPS) is 21.7. The predicted octanol–water partition coefficient (Wildman–Crippen LogP) is 1.49. The molecule has 0 saturated heterocycles. The minimum atomic E-state index is -0.113. The maximum absolute atomic E-state index is 11.6. The van der Waals surface area contributed by atoms with Gasteiger partial charge in [-0.15, -0.1) is 10.2 Å². The van der Waals surface area contributed by atoms with E-state index in [0.29, 0.717) is 18.1 Å². The van der Waals surface area contributed by atoms with Crippen LogP contribution in [0.15, 0.2) is 12.1 Å². The van der Waals surface area contributed by atoms with Crippen molar-refractivity contribution in [2.75, 3.05) is 11.9 Å². The lowest BCUT2D eigenvalue weighted by molar-refractivity contribution is -0.147. The monoisotopic (exact) mass is 260 g/mol. The van der Waals surface area contributed by atoms with Gasteiger partial charge in [0.25, 0.3) is 0 Å². The summed E-state index contributed by atoms with van der Waals surface area (Å²) in [4.78, 5) is 11.6. The van der Waals surface area contributed by atoms with E-state index in [1.807, 2.05) is 13.0 Å². The van der Waals surface area contributed by atoms with Crippen molar-refractivity contribution in [3.05, 3.63) is 17.8 Å². The van der Waals surface area contributed by atoms with Gasteiger partial charge in [-0.1, -0.05) is 0 Å². The number of nitriles is 1. The summed E-state index contributed by atoms with van der Waals surface area (Å²) in [6.45, 7) is 2.24. The van der Waals surface area contributed by atoms with Crippen molar-refractivity contribution in [3.8, 4) is 6.07 Å². The fraction of sp³-hybridized carbons (Fsp3) is 0.538. The molecule has 0 aromatic carbocycles. The van der Waals surface area contributed by atoms with E-state index in [0.717, 1.165) is 19.3 Å². The van der Waals surface area contributed by atoms with E-state index in [2.05, 4.69) is 15.5 Å². The number of nitrogens with zero attached hydrogens (tertiary/aromatic N) is 3. The molecule has 6 heteroatoms. The molecule has 0 aliphatic heterocycles. The molecule has 1 aliphatic carbocycles. The van der Waals surface area contributed by atoms with Gasteiger partial charge in [0.1, 0.15) is 11.9 Å². The number of rotatable bonds is 4. The van der Waals surface area contributed by atoms with Crippen LogP contribution in [0.1, 0.15) is 31.9 Å². The van der Waals surface area contributed by atoms with Crippen LogP contribution in [0.4, 0.5) is 5.82 Å². The van der Waals surface area contributed by atoms with E-state index in [9.17, 15) is 4.79 Å². The molecule has 2 atom stereocenters. The van der Waals surface area contributed by atoms with Crippen molar-refractivity contribution in [2.24, 2.45) is 5.92 Å². The Balaban J connectivity index is 1.87. The van der Waals surface area contributed by atoms with E-state index in [4.69, 9.17) is 10.00 Å². The van der Waals surface area contributed by atoms with Gasteiger partial charge >= 0.3 is 5.97 Å². The average molecular weight is 260 g/mol. The van der Waals surface area contributed by atoms with Gasteiger partial charge in [-0.25, -0.2) is 0 Å². The lowest BCUT2D eigenvalue weighted by Crippen LogP contribution is -2.20. The van der Waals surface area contributed by atoms with Crippen LogP contribution in [-0.4, -0.2) is 28.8 Å². The third kappa shape index (κ3) is 3.41. The summed E-state index contributed by atoms with van der Waals surface area (Å²) in [5.41, 5.74) is 0.293. The molecule has 2 rings (SSSR count). The van der Waals surface area contributed by atoms with Gasteiger partial charge in [-0.2, -0.15) is 5.26 Å². The molecular formula is C13H16N4O2. The summed E-state index contributed by atoms with van der Waals surface area (Å²) in [6, 6.07) is 5.47. The molecule has 1 aromatic rings. The fourth-order valence-corrected chi connectivity index (χ4v) is 2.26. The second-order valence-electron chi connectivity index (χ2n) is 4.52. The zero-order valence-electron chi connectivity index (χ0n) is 10.8. The number of anilines is 1. The molecule has 0 spiro atoms. The van der Waals surface area contributed by atoms with Crippen LogP contribution in [0, 0.1) is 17.2 Å². The van der Waals surface area contributed by atoms with Crippen LogP contribution in [0.3, 0.4) is 0 Å². The van der Waals surface area contributed by atoms with Gasteiger partial charge in [-0.05, 0) is 38.3 Å².